The van der Waals surface area contributed by atoms with Gasteiger partial charge >= 0.3 is 0 Å². The molecule has 21 heavy (non-hydrogen) atoms. The lowest BCUT2D eigenvalue weighted by Gasteiger charge is -2.35. The number of carbonyl (C=O) groups excluding carboxylic acids is 1. The molecule has 0 saturated carbocycles. The predicted octanol–water partition coefficient (Wildman–Crippen LogP) is 2.54. The van der Waals surface area contributed by atoms with Gasteiger partial charge in [-0.2, -0.15) is 0 Å². The summed E-state index contributed by atoms with van der Waals surface area (Å²) in [7, 11) is 0. The van der Waals surface area contributed by atoms with Crippen LogP contribution < -0.4 is 5.73 Å². The van der Waals surface area contributed by atoms with Crippen LogP contribution in [-0.4, -0.2) is 29.9 Å². The first kappa shape index (κ1) is 15.5. The number of likely N-dealkylation sites (tertiary alicyclic amines) is 1. The summed E-state index contributed by atoms with van der Waals surface area (Å²) in [5.74, 6) is 4.73. The van der Waals surface area contributed by atoms with E-state index in [9.17, 15) is 9.18 Å². The highest BCUT2D eigenvalue weighted by atomic mass is 19.1. The number of halogens is 1. The van der Waals surface area contributed by atoms with E-state index < -0.39 is 5.82 Å². The Morgan fingerprint density at radius 3 is 2.95 bits per heavy atom. The third-order valence-electron chi connectivity index (χ3n) is 3.89. The van der Waals surface area contributed by atoms with Crippen molar-refractivity contribution < 1.29 is 9.18 Å². The van der Waals surface area contributed by atoms with Gasteiger partial charge in [-0.3, -0.25) is 4.79 Å². The Morgan fingerprint density at radius 2 is 2.29 bits per heavy atom. The van der Waals surface area contributed by atoms with Gasteiger partial charge in [-0.25, -0.2) is 4.39 Å². The van der Waals surface area contributed by atoms with Crippen LogP contribution in [0, 0.1) is 17.7 Å². The normalized spacial score (nSPS) is 18.0. The van der Waals surface area contributed by atoms with Crippen LogP contribution in [0.5, 0.6) is 0 Å². The number of nitrogens with two attached hydrogens (primary N) is 1. The Labute approximate surface area is 125 Å². The van der Waals surface area contributed by atoms with Crippen LogP contribution in [-0.2, 0) is 0 Å². The van der Waals surface area contributed by atoms with E-state index in [2.05, 4.69) is 18.8 Å². The molecule has 1 aromatic rings. The summed E-state index contributed by atoms with van der Waals surface area (Å²) in [4.78, 5) is 14.4. The van der Waals surface area contributed by atoms with Crippen LogP contribution in [0.25, 0.3) is 0 Å². The van der Waals surface area contributed by atoms with Crippen LogP contribution >= 0.6 is 0 Å². The lowest BCUT2D eigenvalue weighted by atomic mass is 9.98. The van der Waals surface area contributed by atoms with Crippen LogP contribution in [0.4, 0.5) is 4.39 Å². The zero-order chi connectivity index (χ0) is 15.2. The third-order valence-corrected chi connectivity index (χ3v) is 3.89. The third kappa shape index (κ3) is 3.62. The SMILES string of the molecule is CCC1CCCCN1C(=O)c1ccc(C#CCN)cc1F. The molecule has 1 aromatic carbocycles. The van der Waals surface area contributed by atoms with Crippen molar-refractivity contribution >= 4 is 5.91 Å². The van der Waals surface area contributed by atoms with Crippen LogP contribution in [0.2, 0.25) is 0 Å². The molecule has 1 saturated heterocycles. The summed E-state index contributed by atoms with van der Waals surface area (Å²) < 4.78 is 14.2. The van der Waals surface area contributed by atoms with E-state index in [0.29, 0.717) is 12.1 Å². The molecule has 112 valence electrons. The van der Waals surface area contributed by atoms with E-state index in [1.165, 1.54) is 12.1 Å². The van der Waals surface area contributed by atoms with Gasteiger partial charge in [0.15, 0.2) is 0 Å². The van der Waals surface area contributed by atoms with E-state index in [4.69, 9.17) is 5.73 Å². The average Bonchev–Trinajstić information content (AvgIpc) is 2.52. The number of hydrogen-bond donors (Lipinski definition) is 1. The van der Waals surface area contributed by atoms with E-state index in [0.717, 1.165) is 25.7 Å². The molecule has 0 aliphatic carbocycles. The van der Waals surface area contributed by atoms with Gasteiger partial charge in [-0.15, -0.1) is 0 Å². The quantitative estimate of drug-likeness (QED) is 0.850. The Hall–Kier alpha value is -1.86. The summed E-state index contributed by atoms with van der Waals surface area (Å²) in [6.07, 6.45) is 4.04. The summed E-state index contributed by atoms with van der Waals surface area (Å²) in [6, 6.07) is 4.73. The standard InChI is InChI=1S/C17H21FN2O/c1-2-14-7-3-4-11-20(14)17(21)15-9-8-13(6-5-10-19)12-16(15)18/h8-9,12,14H,2-4,7,10-11,19H2,1H3. The Kier molecular flexibility index (Phi) is 5.35. The van der Waals surface area contributed by atoms with Crippen LogP contribution in [0.15, 0.2) is 18.2 Å². The van der Waals surface area contributed by atoms with Crippen molar-refractivity contribution in [3.63, 3.8) is 0 Å². The first-order chi connectivity index (χ1) is 10.2. The van der Waals surface area contributed by atoms with Crippen molar-refractivity contribution in [2.75, 3.05) is 13.1 Å². The highest BCUT2D eigenvalue weighted by Gasteiger charge is 2.27. The molecular formula is C17H21FN2O. The smallest absolute Gasteiger partial charge is 0.257 e. The second-order valence-electron chi connectivity index (χ2n) is 5.26. The molecule has 1 atom stereocenters. The maximum absolute atomic E-state index is 14.2. The minimum Gasteiger partial charge on any atom is -0.336 e. The molecule has 3 nitrogen and oxygen atoms in total. The van der Waals surface area contributed by atoms with Gasteiger partial charge in [-0.05, 0) is 43.9 Å². The van der Waals surface area contributed by atoms with Gasteiger partial charge in [0.2, 0.25) is 0 Å². The van der Waals surface area contributed by atoms with Gasteiger partial charge < -0.3 is 10.6 Å². The highest BCUT2D eigenvalue weighted by Crippen LogP contribution is 2.23. The van der Waals surface area contributed by atoms with Crippen molar-refractivity contribution in [2.24, 2.45) is 5.73 Å². The minimum absolute atomic E-state index is 0.133. The molecule has 0 radical (unpaired) electrons. The predicted molar refractivity (Wildman–Crippen MR) is 81.3 cm³/mol. The van der Waals surface area contributed by atoms with Gasteiger partial charge in [0.25, 0.3) is 5.91 Å². The van der Waals surface area contributed by atoms with Crippen molar-refractivity contribution in [3.8, 4) is 11.8 Å². The molecule has 1 fully saturated rings. The first-order valence-electron chi connectivity index (χ1n) is 7.46. The molecule has 1 unspecified atom stereocenters. The van der Waals surface area contributed by atoms with Gasteiger partial charge in [-0.1, -0.05) is 18.8 Å². The van der Waals surface area contributed by atoms with Gasteiger partial charge in [0, 0.05) is 18.2 Å². The lowest BCUT2D eigenvalue weighted by Crippen LogP contribution is -2.43. The van der Waals surface area contributed by atoms with Crippen molar-refractivity contribution in [2.45, 2.75) is 38.6 Å². The zero-order valence-corrected chi connectivity index (χ0v) is 12.4. The second kappa shape index (κ2) is 7.24. The van der Waals surface area contributed by atoms with Crippen LogP contribution in [0.3, 0.4) is 0 Å². The maximum Gasteiger partial charge on any atom is 0.257 e. The summed E-state index contributed by atoms with van der Waals surface area (Å²) >= 11 is 0. The van der Waals surface area contributed by atoms with Crippen molar-refractivity contribution in [1.82, 2.24) is 4.90 Å². The van der Waals surface area contributed by atoms with E-state index in [-0.39, 0.29) is 24.1 Å². The summed E-state index contributed by atoms with van der Waals surface area (Å²) in [5.41, 5.74) is 5.97. The molecule has 0 aromatic heterocycles. The average molecular weight is 288 g/mol. The maximum atomic E-state index is 14.2. The van der Waals surface area contributed by atoms with Crippen molar-refractivity contribution in [3.05, 3.63) is 35.1 Å². The highest BCUT2D eigenvalue weighted by molar-refractivity contribution is 5.95. The number of nitrogens with zero attached hydrogens (tertiary/aromatic N) is 1. The molecule has 1 aliphatic heterocycles. The fraction of sp³-hybridized carbons (Fsp3) is 0.471. The number of rotatable bonds is 2. The monoisotopic (exact) mass is 288 g/mol. The number of piperidine rings is 1. The molecule has 0 bridgehead atoms. The number of benzene rings is 1. The molecule has 1 aliphatic rings. The van der Waals surface area contributed by atoms with Gasteiger partial charge in [0.1, 0.15) is 5.82 Å². The largest absolute Gasteiger partial charge is 0.336 e. The summed E-state index contributed by atoms with van der Waals surface area (Å²) in [5, 5.41) is 0. The fourth-order valence-electron chi connectivity index (χ4n) is 2.77. The molecular weight excluding hydrogens is 267 g/mol. The fourth-order valence-corrected chi connectivity index (χ4v) is 2.77. The minimum atomic E-state index is -0.510. The molecule has 0 spiro atoms. The first-order valence-corrected chi connectivity index (χ1v) is 7.46. The topological polar surface area (TPSA) is 46.3 Å². The van der Waals surface area contributed by atoms with Crippen molar-refractivity contribution in [1.29, 1.82) is 0 Å². The van der Waals surface area contributed by atoms with E-state index in [1.54, 1.807) is 6.07 Å². The summed E-state index contributed by atoms with van der Waals surface area (Å²) in [6.45, 7) is 3.01. The molecule has 4 heteroatoms. The van der Waals surface area contributed by atoms with E-state index in [1.807, 2.05) is 4.90 Å². The Balaban J connectivity index is 2.22. The molecule has 2 N–H and O–H groups in total. The molecule has 2 rings (SSSR count). The second-order valence-corrected chi connectivity index (χ2v) is 5.26. The number of carbonyl (C=O) groups is 1. The Morgan fingerprint density at radius 1 is 1.48 bits per heavy atom. The lowest BCUT2D eigenvalue weighted by molar-refractivity contribution is 0.0603. The van der Waals surface area contributed by atoms with Gasteiger partial charge in [0.05, 0.1) is 12.1 Å². The number of hydrogen-bond acceptors (Lipinski definition) is 2. The molecule has 1 heterocycles. The molecule has 1 amide bonds. The zero-order valence-electron chi connectivity index (χ0n) is 12.4. The van der Waals surface area contributed by atoms with Crippen LogP contribution in [0.1, 0.15) is 48.5 Å². The van der Waals surface area contributed by atoms with E-state index >= 15 is 0 Å². The Bertz CT molecular complexity index is 574. The number of amides is 1.